The van der Waals surface area contributed by atoms with Crippen LogP contribution in [0.4, 0.5) is 0 Å². The van der Waals surface area contributed by atoms with Crippen LogP contribution in [0.15, 0.2) is 22.7 Å². The zero-order valence-corrected chi connectivity index (χ0v) is 8.42. The Morgan fingerprint density at radius 2 is 2.29 bits per heavy atom. The Hall–Kier alpha value is -1.06. The number of aryl methyl sites for hydroxylation is 1. The largest absolute Gasteiger partial charge is 0.360 e. The zero-order valence-electron chi connectivity index (χ0n) is 7.66. The molecule has 0 saturated heterocycles. The van der Waals surface area contributed by atoms with Crippen molar-refractivity contribution in [1.82, 2.24) is 5.16 Å². The van der Waals surface area contributed by atoms with Gasteiger partial charge in [0.25, 0.3) is 0 Å². The SMILES string of the molecule is NCCCc1onc2cc(Cl)ccc12. The predicted octanol–water partition coefficient (Wildman–Crippen LogP) is 2.37. The fourth-order valence-electron chi connectivity index (χ4n) is 1.41. The molecule has 2 N–H and O–H groups in total. The number of benzene rings is 1. The highest BCUT2D eigenvalue weighted by Gasteiger charge is 2.07. The van der Waals surface area contributed by atoms with Gasteiger partial charge in [-0.05, 0) is 31.2 Å². The normalized spacial score (nSPS) is 11.0. The number of fused-ring (bicyclic) bond motifs is 1. The van der Waals surface area contributed by atoms with E-state index in [9.17, 15) is 0 Å². The maximum atomic E-state index is 5.83. The Morgan fingerprint density at radius 1 is 1.43 bits per heavy atom. The predicted molar refractivity (Wildman–Crippen MR) is 56.4 cm³/mol. The van der Waals surface area contributed by atoms with Crippen LogP contribution in [0.5, 0.6) is 0 Å². The van der Waals surface area contributed by atoms with E-state index in [0.717, 1.165) is 29.5 Å². The van der Waals surface area contributed by atoms with Gasteiger partial charge < -0.3 is 10.3 Å². The summed E-state index contributed by atoms with van der Waals surface area (Å²) < 4.78 is 5.21. The van der Waals surface area contributed by atoms with Crippen LogP contribution in [0, 0.1) is 0 Å². The molecule has 0 amide bonds. The third-order valence-electron chi connectivity index (χ3n) is 2.12. The highest BCUT2D eigenvalue weighted by molar-refractivity contribution is 6.31. The molecule has 0 fully saturated rings. The van der Waals surface area contributed by atoms with Gasteiger partial charge in [-0.3, -0.25) is 0 Å². The number of nitrogens with zero attached hydrogens (tertiary/aromatic N) is 1. The highest BCUT2D eigenvalue weighted by Crippen LogP contribution is 2.22. The third-order valence-corrected chi connectivity index (χ3v) is 2.36. The van der Waals surface area contributed by atoms with Crippen molar-refractivity contribution in [2.45, 2.75) is 12.8 Å². The van der Waals surface area contributed by atoms with Gasteiger partial charge in [0.1, 0.15) is 11.3 Å². The van der Waals surface area contributed by atoms with Crippen molar-refractivity contribution in [3.8, 4) is 0 Å². The molecule has 0 spiro atoms. The van der Waals surface area contributed by atoms with Crippen molar-refractivity contribution in [2.75, 3.05) is 6.54 Å². The van der Waals surface area contributed by atoms with Crippen LogP contribution < -0.4 is 5.73 Å². The van der Waals surface area contributed by atoms with E-state index < -0.39 is 0 Å². The molecule has 2 aromatic rings. The Kier molecular flexibility index (Phi) is 2.70. The lowest BCUT2D eigenvalue weighted by Gasteiger charge is -1.93. The summed E-state index contributed by atoms with van der Waals surface area (Å²) in [4.78, 5) is 0. The van der Waals surface area contributed by atoms with Crippen molar-refractivity contribution >= 4 is 22.5 Å². The maximum Gasteiger partial charge on any atom is 0.144 e. The van der Waals surface area contributed by atoms with Crippen LogP contribution in [-0.4, -0.2) is 11.7 Å². The van der Waals surface area contributed by atoms with Gasteiger partial charge in [-0.15, -0.1) is 0 Å². The molecule has 0 aliphatic carbocycles. The molecule has 0 bridgehead atoms. The van der Waals surface area contributed by atoms with E-state index in [0.29, 0.717) is 11.6 Å². The second kappa shape index (κ2) is 3.98. The fraction of sp³-hybridized carbons (Fsp3) is 0.300. The molecule has 0 aliphatic rings. The van der Waals surface area contributed by atoms with Crippen LogP contribution in [-0.2, 0) is 6.42 Å². The molecular formula is C10H11ClN2O. The first-order valence-corrected chi connectivity index (χ1v) is 4.93. The van der Waals surface area contributed by atoms with Crippen LogP contribution in [0.1, 0.15) is 12.2 Å². The molecule has 0 radical (unpaired) electrons. The summed E-state index contributed by atoms with van der Waals surface area (Å²) in [5.74, 6) is 0.891. The molecule has 0 saturated carbocycles. The second-order valence-corrected chi connectivity index (χ2v) is 3.60. The molecule has 1 aromatic heterocycles. The van der Waals surface area contributed by atoms with Crippen molar-refractivity contribution < 1.29 is 4.52 Å². The molecule has 0 atom stereocenters. The summed E-state index contributed by atoms with van der Waals surface area (Å²) in [6, 6.07) is 5.57. The van der Waals surface area contributed by atoms with Crippen molar-refractivity contribution in [3.05, 3.63) is 29.0 Å². The topological polar surface area (TPSA) is 52.0 Å². The van der Waals surface area contributed by atoms with Gasteiger partial charge >= 0.3 is 0 Å². The zero-order chi connectivity index (χ0) is 9.97. The van der Waals surface area contributed by atoms with E-state index in [1.54, 1.807) is 6.07 Å². The first kappa shape index (κ1) is 9.49. The summed E-state index contributed by atoms with van der Waals surface area (Å²) >= 11 is 5.83. The number of nitrogens with two attached hydrogens (primary N) is 1. The Balaban J connectivity index is 2.37. The summed E-state index contributed by atoms with van der Waals surface area (Å²) in [5, 5.41) is 5.64. The fourth-order valence-corrected chi connectivity index (χ4v) is 1.58. The number of rotatable bonds is 3. The van der Waals surface area contributed by atoms with Gasteiger partial charge in [0.2, 0.25) is 0 Å². The lowest BCUT2D eigenvalue weighted by Crippen LogP contribution is -1.99. The number of aromatic nitrogens is 1. The summed E-state index contributed by atoms with van der Waals surface area (Å²) in [5.41, 5.74) is 6.24. The minimum absolute atomic E-state index is 0.662. The van der Waals surface area contributed by atoms with Gasteiger partial charge in [0.05, 0.1) is 0 Å². The molecule has 0 unspecified atom stereocenters. The maximum absolute atomic E-state index is 5.83. The van der Waals surface area contributed by atoms with Crippen LogP contribution >= 0.6 is 11.6 Å². The van der Waals surface area contributed by atoms with Gasteiger partial charge in [-0.2, -0.15) is 0 Å². The second-order valence-electron chi connectivity index (χ2n) is 3.16. The lowest BCUT2D eigenvalue weighted by molar-refractivity contribution is 0.389. The minimum atomic E-state index is 0.662. The Bertz CT molecular complexity index is 439. The molecule has 4 heteroatoms. The monoisotopic (exact) mass is 210 g/mol. The highest BCUT2D eigenvalue weighted by atomic mass is 35.5. The van der Waals surface area contributed by atoms with Crippen LogP contribution in [0.2, 0.25) is 5.02 Å². The van der Waals surface area contributed by atoms with Gasteiger partial charge in [0, 0.05) is 16.8 Å². The molecular weight excluding hydrogens is 200 g/mol. The average Bonchev–Trinajstić information content (AvgIpc) is 2.57. The van der Waals surface area contributed by atoms with E-state index in [1.807, 2.05) is 12.1 Å². The average molecular weight is 211 g/mol. The summed E-state index contributed by atoms with van der Waals surface area (Å²) in [6.45, 7) is 0.662. The number of hydrogen-bond acceptors (Lipinski definition) is 3. The van der Waals surface area contributed by atoms with E-state index in [4.69, 9.17) is 21.9 Å². The lowest BCUT2D eigenvalue weighted by atomic mass is 10.1. The molecule has 1 heterocycles. The molecule has 74 valence electrons. The van der Waals surface area contributed by atoms with Gasteiger partial charge in [0.15, 0.2) is 0 Å². The van der Waals surface area contributed by atoms with E-state index in [2.05, 4.69) is 5.16 Å². The van der Waals surface area contributed by atoms with Crippen LogP contribution in [0.25, 0.3) is 10.9 Å². The first-order chi connectivity index (χ1) is 6.81. The Morgan fingerprint density at radius 3 is 3.07 bits per heavy atom. The van der Waals surface area contributed by atoms with Crippen molar-refractivity contribution in [1.29, 1.82) is 0 Å². The smallest absolute Gasteiger partial charge is 0.144 e. The van der Waals surface area contributed by atoms with Crippen molar-refractivity contribution in [3.63, 3.8) is 0 Å². The molecule has 1 aromatic carbocycles. The van der Waals surface area contributed by atoms with Gasteiger partial charge in [-0.25, -0.2) is 0 Å². The number of halogens is 1. The van der Waals surface area contributed by atoms with E-state index >= 15 is 0 Å². The van der Waals surface area contributed by atoms with Crippen LogP contribution in [0.3, 0.4) is 0 Å². The quantitative estimate of drug-likeness (QED) is 0.846. The molecule has 3 nitrogen and oxygen atoms in total. The van der Waals surface area contributed by atoms with E-state index in [1.165, 1.54) is 0 Å². The molecule has 14 heavy (non-hydrogen) atoms. The molecule has 0 aliphatic heterocycles. The van der Waals surface area contributed by atoms with Gasteiger partial charge in [-0.1, -0.05) is 16.8 Å². The standard InChI is InChI=1S/C10H11ClN2O/c11-7-3-4-8-9(6-7)13-14-10(8)2-1-5-12/h3-4,6H,1-2,5,12H2. The van der Waals surface area contributed by atoms with E-state index in [-0.39, 0.29) is 0 Å². The first-order valence-electron chi connectivity index (χ1n) is 4.55. The molecule has 2 rings (SSSR count). The minimum Gasteiger partial charge on any atom is -0.360 e. The third kappa shape index (κ3) is 1.74. The Labute approximate surface area is 86.8 Å². The summed E-state index contributed by atoms with van der Waals surface area (Å²) in [6.07, 6.45) is 1.74. The summed E-state index contributed by atoms with van der Waals surface area (Å²) in [7, 11) is 0. The number of hydrogen-bond donors (Lipinski definition) is 1. The van der Waals surface area contributed by atoms with Crippen molar-refractivity contribution in [2.24, 2.45) is 5.73 Å².